The van der Waals surface area contributed by atoms with E-state index in [1.165, 1.54) is 43.4 Å². The number of ether oxygens (including phenoxy) is 1. The molecule has 0 radical (unpaired) electrons. The van der Waals surface area contributed by atoms with Gasteiger partial charge in [-0.25, -0.2) is 10.4 Å². The van der Waals surface area contributed by atoms with Gasteiger partial charge >= 0.3 is 0 Å². The van der Waals surface area contributed by atoms with E-state index < -0.39 is 0 Å². The zero-order chi connectivity index (χ0) is 28.2. The Kier molecular flexibility index (Phi) is 11.6. The van der Waals surface area contributed by atoms with E-state index in [0.717, 1.165) is 44.3 Å². The van der Waals surface area contributed by atoms with Gasteiger partial charge in [0.1, 0.15) is 5.75 Å². The number of hydrogen-bond donors (Lipinski definition) is 2. The number of thiazole rings is 1. The molecule has 0 saturated carbocycles. The summed E-state index contributed by atoms with van der Waals surface area (Å²) in [5, 5.41) is 10.9. The number of amides is 1. The van der Waals surface area contributed by atoms with Crippen molar-refractivity contribution in [3.05, 3.63) is 92.7 Å². The SMILES string of the molecule is CCCCCCCCOc1ccc(Br)cc1/C=N\NC(=O)c1ccc(-c2csc(Nc3ccc(Cl)cc3)n2)cc1. The number of nitrogens with zero attached hydrogens (tertiary/aromatic N) is 2. The van der Waals surface area contributed by atoms with Gasteiger partial charge in [0.25, 0.3) is 5.91 Å². The Morgan fingerprint density at radius 2 is 1.77 bits per heavy atom. The first kappa shape index (κ1) is 29.8. The third-order valence-electron chi connectivity index (χ3n) is 6.14. The van der Waals surface area contributed by atoms with Gasteiger partial charge in [-0.1, -0.05) is 78.7 Å². The normalized spacial score (nSPS) is 11.1. The second-order valence-corrected chi connectivity index (χ2v) is 11.5. The number of aromatic nitrogens is 1. The van der Waals surface area contributed by atoms with E-state index in [1.54, 1.807) is 18.3 Å². The van der Waals surface area contributed by atoms with Gasteiger partial charge in [0.15, 0.2) is 5.13 Å². The molecule has 0 aliphatic heterocycles. The number of anilines is 2. The number of hydrogen-bond acceptors (Lipinski definition) is 6. The fourth-order valence-corrected chi connectivity index (χ4v) is 5.20. The van der Waals surface area contributed by atoms with Crippen LogP contribution in [0.3, 0.4) is 0 Å². The Bertz CT molecular complexity index is 1410. The van der Waals surface area contributed by atoms with E-state index in [9.17, 15) is 4.79 Å². The van der Waals surface area contributed by atoms with Gasteiger partial charge in [-0.05, 0) is 61.0 Å². The molecule has 0 fully saturated rings. The fraction of sp³-hybridized carbons (Fsp3) is 0.258. The van der Waals surface area contributed by atoms with Crippen LogP contribution in [0.4, 0.5) is 10.8 Å². The standard InChI is InChI=1S/C31H32BrClN4O2S/c1-2-3-4-5-6-7-18-39-29-17-12-25(32)19-24(29)20-34-37-30(38)23-10-8-22(9-11-23)28-21-40-31(36-28)35-27-15-13-26(33)14-16-27/h8-17,19-21H,2-7,18H2,1H3,(H,35,36)(H,37,38)/b34-20-. The summed E-state index contributed by atoms with van der Waals surface area (Å²) in [5.74, 6) is 0.447. The lowest BCUT2D eigenvalue weighted by atomic mass is 10.1. The Hall–Kier alpha value is -3.20. The molecule has 0 bridgehead atoms. The van der Waals surface area contributed by atoms with Crippen LogP contribution < -0.4 is 15.5 Å². The van der Waals surface area contributed by atoms with Crippen molar-refractivity contribution in [1.29, 1.82) is 0 Å². The molecule has 4 aromatic rings. The van der Waals surface area contributed by atoms with Gasteiger partial charge in [-0.15, -0.1) is 11.3 Å². The average molecular weight is 640 g/mol. The highest BCUT2D eigenvalue weighted by Gasteiger charge is 2.09. The highest BCUT2D eigenvalue weighted by molar-refractivity contribution is 9.10. The van der Waals surface area contributed by atoms with Gasteiger partial charge in [-0.3, -0.25) is 4.79 Å². The number of rotatable bonds is 14. The molecule has 0 atom stereocenters. The summed E-state index contributed by atoms with van der Waals surface area (Å²) in [5.41, 5.74) is 6.57. The third kappa shape index (κ3) is 9.18. The molecular weight excluding hydrogens is 608 g/mol. The maximum Gasteiger partial charge on any atom is 0.271 e. The second-order valence-electron chi connectivity index (χ2n) is 9.24. The molecule has 1 aromatic heterocycles. The van der Waals surface area contributed by atoms with Gasteiger partial charge in [0.2, 0.25) is 0 Å². The number of unbranched alkanes of at least 4 members (excludes halogenated alkanes) is 5. The first-order valence-electron chi connectivity index (χ1n) is 13.4. The Morgan fingerprint density at radius 1 is 1.02 bits per heavy atom. The summed E-state index contributed by atoms with van der Waals surface area (Å²) in [6, 6.07) is 20.5. The molecule has 2 N–H and O–H groups in total. The quantitative estimate of drug-likeness (QED) is 0.0819. The molecule has 9 heteroatoms. The van der Waals surface area contributed by atoms with Crippen LogP contribution in [0.2, 0.25) is 5.02 Å². The van der Waals surface area contributed by atoms with Crippen LogP contribution in [0, 0.1) is 0 Å². The molecule has 208 valence electrons. The molecule has 1 amide bonds. The fourth-order valence-electron chi connectivity index (χ4n) is 3.95. The molecule has 0 saturated heterocycles. The highest BCUT2D eigenvalue weighted by atomic mass is 79.9. The van der Waals surface area contributed by atoms with Gasteiger partial charge in [0.05, 0.1) is 18.5 Å². The molecule has 3 aromatic carbocycles. The zero-order valence-corrected chi connectivity index (χ0v) is 25.5. The Morgan fingerprint density at radius 3 is 2.55 bits per heavy atom. The largest absolute Gasteiger partial charge is 0.493 e. The predicted molar refractivity (Wildman–Crippen MR) is 170 cm³/mol. The number of nitrogens with one attached hydrogen (secondary N) is 2. The highest BCUT2D eigenvalue weighted by Crippen LogP contribution is 2.28. The Labute approximate surface area is 253 Å². The lowest BCUT2D eigenvalue weighted by Gasteiger charge is -2.09. The van der Waals surface area contributed by atoms with Gasteiger partial charge in [0, 0.05) is 37.3 Å². The van der Waals surface area contributed by atoms with E-state index in [2.05, 4.69) is 43.7 Å². The van der Waals surface area contributed by atoms with Crippen molar-refractivity contribution in [3.63, 3.8) is 0 Å². The summed E-state index contributed by atoms with van der Waals surface area (Å²) < 4.78 is 6.91. The number of hydrazone groups is 1. The van der Waals surface area contributed by atoms with Crippen molar-refractivity contribution in [2.75, 3.05) is 11.9 Å². The van der Waals surface area contributed by atoms with E-state index >= 15 is 0 Å². The number of carbonyl (C=O) groups is 1. The maximum absolute atomic E-state index is 12.7. The zero-order valence-electron chi connectivity index (χ0n) is 22.3. The summed E-state index contributed by atoms with van der Waals surface area (Å²) in [6.07, 6.45) is 8.85. The number of carbonyl (C=O) groups excluding carboxylic acids is 1. The van der Waals surface area contributed by atoms with Crippen LogP contribution in [0.25, 0.3) is 11.3 Å². The van der Waals surface area contributed by atoms with Crippen molar-refractivity contribution in [3.8, 4) is 17.0 Å². The Balaban J connectivity index is 1.30. The molecular formula is C31H32BrClN4O2S. The van der Waals surface area contributed by atoms with E-state index in [1.807, 2.05) is 60.0 Å². The van der Waals surface area contributed by atoms with Crippen LogP contribution in [-0.2, 0) is 0 Å². The van der Waals surface area contributed by atoms with Crippen molar-refractivity contribution in [2.45, 2.75) is 45.4 Å². The molecule has 6 nitrogen and oxygen atoms in total. The van der Waals surface area contributed by atoms with Crippen LogP contribution >= 0.6 is 38.9 Å². The van der Waals surface area contributed by atoms with Crippen LogP contribution in [0.1, 0.15) is 61.4 Å². The second kappa shape index (κ2) is 15.6. The predicted octanol–water partition coefficient (Wildman–Crippen LogP) is 9.47. The molecule has 1 heterocycles. The smallest absolute Gasteiger partial charge is 0.271 e. The van der Waals surface area contributed by atoms with E-state index in [-0.39, 0.29) is 5.91 Å². The summed E-state index contributed by atoms with van der Waals surface area (Å²) in [7, 11) is 0. The minimum absolute atomic E-state index is 0.296. The first-order chi connectivity index (χ1) is 19.5. The van der Waals surface area contributed by atoms with Crippen LogP contribution in [-0.4, -0.2) is 23.7 Å². The van der Waals surface area contributed by atoms with Crippen molar-refractivity contribution < 1.29 is 9.53 Å². The number of benzene rings is 3. The van der Waals surface area contributed by atoms with Crippen LogP contribution in [0.5, 0.6) is 5.75 Å². The van der Waals surface area contributed by atoms with Crippen molar-refractivity contribution in [2.24, 2.45) is 5.10 Å². The van der Waals surface area contributed by atoms with Gasteiger partial charge < -0.3 is 10.1 Å². The minimum Gasteiger partial charge on any atom is -0.493 e. The van der Waals surface area contributed by atoms with Crippen LogP contribution in [0.15, 0.2) is 81.7 Å². The minimum atomic E-state index is -0.296. The first-order valence-corrected chi connectivity index (χ1v) is 15.4. The third-order valence-corrected chi connectivity index (χ3v) is 7.64. The van der Waals surface area contributed by atoms with E-state index in [4.69, 9.17) is 16.3 Å². The monoisotopic (exact) mass is 638 g/mol. The maximum atomic E-state index is 12.7. The topological polar surface area (TPSA) is 75.6 Å². The summed E-state index contributed by atoms with van der Waals surface area (Å²) in [6.45, 7) is 2.88. The summed E-state index contributed by atoms with van der Waals surface area (Å²) in [4.78, 5) is 17.3. The van der Waals surface area contributed by atoms with Gasteiger partial charge in [-0.2, -0.15) is 5.10 Å². The number of halogens is 2. The van der Waals surface area contributed by atoms with Crippen molar-refractivity contribution in [1.82, 2.24) is 10.4 Å². The molecule has 0 unspecified atom stereocenters. The molecule has 4 rings (SSSR count). The molecule has 0 aliphatic rings. The van der Waals surface area contributed by atoms with E-state index in [0.29, 0.717) is 17.2 Å². The molecule has 0 aliphatic carbocycles. The van der Waals surface area contributed by atoms with Crippen molar-refractivity contribution >= 4 is 61.8 Å². The summed E-state index contributed by atoms with van der Waals surface area (Å²) >= 11 is 11.0. The lowest BCUT2D eigenvalue weighted by molar-refractivity contribution is 0.0955. The lowest BCUT2D eigenvalue weighted by Crippen LogP contribution is -2.17. The molecule has 40 heavy (non-hydrogen) atoms. The molecule has 0 spiro atoms. The average Bonchev–Trinajstić information content (AvgIpc) is 3.43.